The van der Waals surface area contributed by atoms with Gasteiger partial charge >= 0.3 is 36.2 Å². The van der Waals surface area contributed by atoms with E-state index in [1.807, 2.05) is 0 Å². The molecular formula is C3H3F7LiNO2S. The Bertz CT molecular complexity index is 322. The van der Waals surface area contributed by atoms with Gasteiger partial charge in [0, 0.05) is 0 Å². The first-order valence-electron chi connectivity index (χ1n) is 2.60. The fourth-order valence-electron chi connectivity index (χ4n) is 0.344. The molecule has 0 rings (SSSR count). The second-order valence-corrected chi connectivity index (χ2v) is 3.74. The zero-order chi connectivity index (χ0) is 12.0. The molecule has 0 fully saturated rings. The van der Waals surface area contributed by atoms with Crippen molar-refractivity contribution in [2.24, 2.45) is 5.14 Å². The predicted molar refractivity (Wildman–Crippen MR) is 36.2 cm³/mol. The number of primary sulfonamides is 1. The fourth-order valence-corrected chi connectivity index (χ4v) is 0.817. The summed E-state index contributed by atoms with van der Waals surface area (Å²) in [4.78, 5) is 0. The molecule has 0 aromatic heterocycles. The van der Waals surface area contributed by atoms with E-state index >= 15 is 0 Å². The molecule has 0 aliphatic rings. The van der Waals surface area contributed by atoms with Gasteiger partial charge in [-0.3, -0.25) is 0 Å². The average molecular weight is 257 g/mol. The summed E-state index contributed by atoms with van der Waals surface area (Å²) in [7, 11) is -6.35. The number of halogens is 7. The van der Waals surface area contributed by atoms with E-state index in [4.69, 9.17) is 0 Å². The van der Waals surface area contributed by atoms with Crippen LogP contribution in [0.2, 0.25) is 0 Å². The van der Waals surface area contributed by atoms with E-state index in [2.05, 4.69) is 5.14 Å². The van der Waals surface area contributed by atoms with Crippen LogP contribution in [0, 0.1) is 0 Å². The number of alkyl halides is 7. The third-order valence-electron chi connectivity index (χ3n) is 1.08. The molecule has 0 aromatic rings. The summed E-state index contributed by atoms with van der Waals surface area (Å²) < 4.78 is 101. The van der Waals surface area contributed by atoms with Crippen LogP contribution in [0.15, 0.2) is 0 Å². The molecule has 88 valence electrons. The molecule has 0 bridgehead atoms. The van der Waals surface area contributed by atoms with E-state index < -0.39 is 27.4 Å². The molecule has 0 atom stereocenters. The molecule has 2 N–H and O–H groups in total. The van der Waals surface area contributed by atoms with Crippen molar-refractivity contribution < 1.29 is 39.2 Å². The number of hydrogen-bond acceptors (Lipinski definition) is 2. The minimum atomic E-state index is -6.73. The van der Waals surface area contributed by atoms with Crippen LogP contribution in [0.3, 0.4) is 0 Å². The van der Waals surface area contributed by atoms with Crippen molar-refractivity contribution in [2.75, 3.05) is 0 Å². The van der Waals surface area contributed by atoms with Gasteiger partial charge in [-0.15, -0.1) is 0 Å². The first-order chi connectivity index (χ1) is 5.75. The van der Waals surface area contributed by atoms with Gasteiger partial charge in [0.25, 0.3) is 10.0 Å². The van der Waals surface area contributed by atoms with Gasteiger partial charge in [0.2, 0.25) is 0 Å². The SMILES string of the molecule is NS(=O)(=O)C(F)(F)C(F)(F)C(F)(F)F.[LiH]. The molecule has 0 unspecified atom stereocenters. The van der Waals surface area contributed by atoms with Crippen molar-refractivity contribution in [1.29, 1.82) is 0 Å². The second-order valence-electron chi connectivity index (χ2n) is 2.13. The van der Waals surface area contributed by atoms with Gasteiger partial charge in [-0.25, -0.2) is 13.6 Å². The van der Waals surface area contributed by atoms with Crippen molar-refractivity contribution in [3.05, 3.63) is 0 Å². The monoisotopic (exact) mass is 257 g/mol. The standard InChI is InChI=1S/C3H2F7NO2S.Li.H/c4-1(5,2(6,7)8)3(9,10)14(11,12)13;;/h(H2,11,12,13);;. The molecule has 15 heavy (non-hydrogen) atoms. The van der Waals surface area contributed by atoms with Crippen LogP contribution >= 0.6 is 0 Å². The van der Waals surface area contributed by atoms with Crippen molar-refractivity contribution in [3.63, 3.8) is 0 Å². The average Bonchev–Trinajstić information content (AvgIpc) is 1.81. The fraction of sp³-hybridized carbons (Fsp3) is 1.00. The molecule has 0 radical (unpaired) electrons. The van der Waals surface area contributed by atoms with Crippen LogP contribution in [-0.2, 0) is 10.0 Å². The van der Waals surface area contributed by atoms with E-state index in [9.17, 15) is 39.2 Å². The second kappa shape index (κ2) is 4.12. The Morgan fingerprint density at radius 1 is 0.867 bits per heavy atom. The molecule has 0 saturated heterocycles. The Kier molecular flexibility index (Phi) is 4.78. The van der Waals surface area contributed by atoms with Gasteiger partial charge in [-0.1, -0.05) is 0 Å². The quantitative estimate of drug-likeness (QED) is 0.575. The molecule has 0 aromatic carbocycles. The van der Waals surface area contributed by atoms with Crippen LogP contribution in [0.25, 0.3) is 0 Å². The molecule has 0 heterocycles. The van der Waals surface area contributed by atoms with E-state index in [-0.39, 0.29) is 18.9 Å². The molecule has 0 aliphatic carbocycles. The normalized spacial score (nSPS) is 14.7. The van der Waals surface area contributed by atoms with E-state index in [0.717, 1.165) is 0 Å². The summed E-state index contributed by atoms with van der Waals surface area (Å²) >= 11 is 0. The van der Waals surface area contributed by atoms with E-state index in [1.54, 1.807) is 0 Å². The summed E-state index contributed by atoms with van der Waals surface area (Å²) in [5.74, 6) is -6.73. The topological polar surface area (TPSA) is 60.2 Å². The van der Waals surface area contributed by atoms with Gasteiger partial charge in [-0.2, -0.15) is 30.7 Å². The zero-order valence-corrected chi connectivity index (χ0v) is 6.76. The van der Waals surface area contributed by atoms with E-state index in [0.29, 0.717) is 0 Å². The number of hydrogen-bond donors (Lipinski definition) is 1. The number of nitrogens with two attached hydrogens (primary N) is 1. The number of rotatable bonds is 2. The molecule has 0 saturated carbocycles. The Balaban J connectivity index is 0. The summed E-state index contributed by atoms with van der Waals surface area (Å²) in [6.07, 6.45) is -6.71. The van der Waals surface area contributed by atoms with Crippen molar-refractivity contribution in [2.45, 2.75) is 17.4 Å². The van der Waals surface area contributed by atoms with Gasteiger partial charge in [-0.05, 0) is 0 Å². The Hall–Kier alpha value is 0.0174. The molecule has 0 aliphatic heterocycles. The summed E-state index contributed by atoms with van der Waals surface area (Å²) in [6.45, 7) is 0. The molecule has 12 heteroatoms. The van der Waals surface area contributed by atoms with Crippen LogP contribution in [0.4, 0.5) is 30.7 Å². The van der Waals surface area contributed by atoms with Crippen molar-refractivity contribution in [1.82, 2.24) is 0 Å². The third kappa shape index (κ3) is 2.77. The number of sulfonamides is 1. The summed E-state index contributed by atoms with van der Waals surface area (Å²) in [6, 6.07) is 0. The van der Waals surface area contributed by atoms with Gasteiger partial charge in [0.05, 0.1) is 0 Å². The predicted octanol–water partition coefficient (Wildman–Crippen LogP) is 0.417. The Morgan fingerprint density at radius 3 is 1.20 bits per heavy atom. The molecule has 0 spiro atoms. The van der Waals surface area contributed by atoms with Gasteiger partial charge in [0.1, 0.15) is 0 Å². The molecule has 0 amide bonds. The first-order valence-corrected chi connectivity index (χ1v) is 4.14. The third-order valence-corrected chi connectivity index (χ3v) is 2.05. The maximum atomic E-state index is 12.0. The Labute approximate surface area is 91.0 Å². The molecule has 3 nitrogen and oxygen atoms in total. The summed E-state index contributed by atoms with van der Waals surface area (Å²) in [5, 5.41) is -2.85. The van der Waals surface area contributed by atoms with Gasteiger partial charge < -0.3 is 0 Å². The van der Waals surface area contributed by atoms with Crippen LogP contribution in [-0.4, -0.2) is 44.6 Å². The van der Waals surface area contributed by atoms with E-state index in [1.165, 1.54) is 0 Å². The minimum absolute atomic E-state index is 0. The van der Waals surface area contributed by atoms with Crippen LogP contribution in [0.5, 0.6) is 0 Å². The zero-order valence-electron chi connectivity index (χ0n) is 5.95. The first kappa shape index (κ1) is 17.4. The van der Waals surface area contributed by atoms with Crippen molar-refractivity contribution in [3.8, 4) is 0 Å². The van der Waals surface area contributed by atoms with Crippen LogP contribution in [0.1, 0.15) is 0 Å². The Morgan fingerprint density at radius 2 is 1.13 bits per heavy atom. The van der Waals surface area contributed by atoms with Crippen molar-refractivity contribution >= 4 is 28.9 Å². The molecular weight excluding hydrogens is 254 g/mol. The summed E-state index contributed by atoms with van der Waals surface area (Å²) in [5.41, 5.74) is 0. The van der Waals surface area contributed by atoms with Crippen LogP contribution < -0.4 is 5.14 Å². The maximum absolute atomic E-state index is 12.0. The van der Waals surface area contributed by atoms with Gasteiger partial charge in [0.15, 0.2) is 0 Å².